The van der Waals surface area contributed by atoms with E-state index in [0.29, 0.717) is 25.2 Å². The maximum absolute atomic E-state index is 12.4. The number of benzene rings is 4. The molecule has 1 heterocycles. The monoisotopic (exact) mass is 912 g/mol. The van der Waals surface area contributed by atoms with E-state index in [9.17, 15) is 9.90 Å². The van der Waals surface area contributed by atoms with Gasteiger partial charge in [0, 0.05) is 43.7 Å². The van der Waals surface area contributed by atoms with Crippen LogP contribution in [0.4, 0.5) is 0 Å². The minimum atomic E-state index is -0.851. The van der Waals surface area contributed by atoms with Gasteiger partial charge in [0.1, 0.15) is 24.7 Å². The van der Waals surface area contributed by atoms with E-state index < -0.39 is 5.60 Å². The molecule has 322 valence electrons. The number of nitrogens with zero attached hydrogens (tertiary/aromatic N) is 2. The number of halogens is 1. The Kier molecular flexibility index (Phi) is 38.5. The van der Waals surface area contributed by atoms with Gasteiger partial charge in [-0.3, -0.25) is 4.79 Å². The molecule has 3 atom stereocenters. The second kappa shape index (κ2) is 35.7. The minimum absolute atomic E-state index is 0. The van der Waals surface area contributed by atoms with Crippen LogP contribution in [0.5, 0.6) is 11.5 Å². The third kappa shape index (κ3) is 23.7. The number of carbonyl (C=O) groups is 1. The largest absolute Gasteiger partial charge is 2.00 e. The average Bonchev–Trinajstić information content (AvgIpc) is 3.78. The molecule has 1 saturated heterocycles. The number of hydrogen-bond acceptors (Lipinski definition) is 7. The first kappa shape index (κ1) is 62.6. The van der Waals surface area contributed by atoms with E-state index >= 15 is 0 Å². The van der Waals surface area contributed by atoms with Crippen molar-refractivity contribution in [2.24, 2.45) is 11.8 Å². The third-order valence-electron chi connectivity index (χ3n) is 8.86. The smallest absolute Gasteiger partial charge is 1.00 e. The van der Waals surface area contributed by atoms with E-state index in [1.54, 1.807) is 6.92 Å². The van der Waals surface area contributed by atoms with Gasteiger partial charge in [-0.25, -0.2) is 0 Å². The Morgan fingerprint density at radius 2 is 1.19 bits per heavy atom. The van der Waals surface area contributed by atoms with Crippen molar-refractivity contribution in [1.29, 1.82) is 0 Å². The average molecular weight is 914 g/mol. The van der Waals surface area contributed by atoms with E-state index in [-0.39, 0.29) is 92.1 Å². The molecule has 58 heavy (non-hydrogen) atoms. The van der Waals surface area contributed by atoms with Crippen LogP contribution >= 0.6 is 27.0 Å². The molecular weight excluding hydrogens is 841 g/mol. The van der Waals surface area contributed by atoms with E-state index in [1.165, 1.54) is 12.8 Å². The summed E-state index contributed by atoms with van der Waals surface area (Å²) in [6.45, 7) is 15.7. The standard InChI is InChI=1S/C21H29NO2.C19H23NO2.C4H8O.C2H5.CH4.BrH.Mg.2H2S/c1-5-21(23,17(2)15-22(3)4)19-12-9-13-20(14-19)24-16-18-10-7-6-8-11-18;1-15(13-20(2)3)19(21)17-10-7-11-18(12-17)22-14-16-8-5-4-6-9-16;1-2-4-5-3-1;1-2;;;;;/h6-14,17,23H,5,15-16H2,1-4H3;4-12,15H,13-14H2,1-3H3;1-4H2;1H2,2H3;1H4;1H;;2*1H2/q;;;-1;;;+2;;/p-1/t17-,21+;15-;;;;;;;/m00......./s1. The van der Waals surface area contributed by atoms with Gasteiger partial charge in [-0.05, 0) is 88.4 Å². The molecule has 1 aliphatic heterocycles. The fourth-order valence-corrected chi connectivity index (χ4v) is 6.04. The fourth-order valence-electron chi connectivity index (χ4n) is 6.04. The Bertz CT molecular complexity index is 1560. The Hall–Kier alpha value is -2.06. The summed E-state index contributed by atoms with van der Waals surface area (Å²) in [6, 6.07) is 35.4. The van der Waals surface area contributed by atoms with Gasteiger partial charge in [0.05, 0.1) is 5.60 Å². The molecule has 0 aromatic heterocycles. The van der Waals surface area contributed by atoms with Gasteiger partial charge in [-0.15, -0.1) is 0 Å². The topological polar surface area (TPSA) is 71.5 Å². The maximum Gasteiger partial charge on any atom is 2.00 e. The molecule has 5 rings (SSSR count). The Morgan fingerprint density at radius 3 is 1.60 bits per heavy atom. The molecule has 1 N–H and O–H groups in total. The van der Waals surface area contributed by atoms with Gasteiger partial charge in [-0.1, -0.05) is 113 Å². The number of hydrogen-bond donors (Lipinski definition) is 1. The zero-order valence-electron chi connectivity index (χ0n) is 35.7. The molecule has 0 saturated carbocycles. The predicted octanol–water partition coefficient (Wildman–Crippen LogP) is 6.83. The zero-order chi connectivity index (χ0) is 39.1. The molecule has 0 radical (unpaired) electrons. The van der Waals surface area contributed by atoms with Crippen molar-refractivity contribution >= 4 is 55.8 Å². The molecule has 7 nitrogen and oxygen atoms in total. The maximum atomic E-state index is 12.4. The van der Waals surface area contributed by atoms with E-state index in [0.717, 1.165) is 54.5 Å². The molecule has 4 aromatic rings. The van der Waals surface area contributed by atoms with Crippen molar-refractivity contribution in [3.63, 3.8) is 0 Å². The first-order valence-electron chi connectivity index (χ1n) is 18.9. The Morgan fingerprint density at radius 1 is 0.741 bits per heavy atom. The molecule has 0 bridgehead atoms. The molecule has 4 aromatic carbocycles. The molecule has 0 spiro atoms. The molecule has 0 unspecified atom stereocenters. The van der Waals surface area contributed by atoms with Gasteiger partial charge in [0.25, 0.3) is 0 Å². The Labute approximate surface area is 393 Å². The van der Waals surface area contributed by atoms with Crippen LogP contribution in [-0.4, -0.2) is 98.2 Å². The summed E-state index contributed by atoms with van der Waals surface area (Å²) in [7, 11) is 8.02. The van der Waals surface area contributed by atoms with Crippen molar-refractivity contribution < 1.29 is 41.1 Å². The second-order valence-corrected chi connectivity index (χ2v) is 13.9. The second-order valence-electron chi connectivity index (χ2n) is 13.9. The normalized spacial score (nSPS) is 13.0. The number of carbonyl (C=O) groups excluding carboxylic acids is 1. The summed E-state index contributed by atoms with van der Waals surface area (Å²) >= 11 is 0. The third-order valence-corrected chi connectivity index (χ3v) is 8.86. The Balaban J connectivity index is -0.000000401. The number of Topliss-reactive ketones (excluding diaryl/α,β-unsaturated/α-hetero) is 1. The van der Waals surface area contributed by atoms with Crippen LogP contribution in [0.2, 0.25) is 0 Å². The summed E-state index contributed by atoms with van der Waals surface area (Å²) in [5, 5.41) is 11.2. The summed E-state index contributed by atoms with van der Waals surface area (Å²) in [6.07, 6.45) is 3.23. The van der Waals surface area contributed by atoms with Gasteiger partial charge < -0.3 is 53.0 Å². The van der Waals surface area contributed by atoms with Crippen molar-refractivity contribution in [2.75, 3.05) is 54.5 Å². The van der Waals surface area contributed by atoms with Crippen molar-refractivity contribution in [3.8, 4) is 11.5 Å². The van der Waals surface area contributed by atoms with Gasteiger partial charge >= 0.3 is 23.1 Å². The fraction of sp³-hybridized carbons (Fsp3) is 0.447. The van der Waals surface area contributed by atoms with Crippen LogP contribution in [0.15, 0.2) is 109 Å². The number of aliphatic hydroxyl groups is 1. The molecular formula is C47H73BrMgN2O5S2. The number of ether oxygens (including phenoxy) is 3. The molecule has 1 aliphatic rings. The van der Waals surface area contributed by atoms with Crippen molar-refractivity contribution in [1.82, 2.24) is 9.80 Å². The van der Waals surface area contributed by atoms with Gasteiger partial charge in [-0.2, -0.15) is 33.9 Å². The molecule has 1 fully saturated rings. The summed E-state index contributed by atoms with van der Waals surface area (Å²) in [4.78, 5) is 16.6. The van der Waals surface area contributed by atoms with E-state index in [2.05, 4.69) is 18.7 Å². The van der Waals surface area contributed by atoms with Crippen LogP contribution in [0.3, 0.4) is 0 Å². The van der Waals surface area contributed by atoms with Crippen LogP contribution < -0.4 is 26.5 Å². The molecule has 0 amide bonds. The first-order chi connectivity index (χ1) is 25.5. The molecule has 0 aliphatic carbocycles. The van der Waals surface area contributed by atoms with Crippen LogP contribution in [0, 0.1) is 18.8 Å². The summed E-state index contributed by atoms with van der Waals surface area (Å²) in [5.41, 5.74) is 3.02. The summed E-state index contributed by atoms with van der Waals surface area (Å²) in [5.74, 6) is 1.77. The molecule has 11 heteroatoms. The first-order valence-corrected chi connectivity index (χ1v) is 18.9. The van der Waals surface area contributed by atoms with E-state index in [4.69, 9.17) is 14.2 Å². The van der Waals surface area contributed by atoms with Gasteiger partial charge in [0.15, 0.2) is 5.78 Å². The van der Waals surface area contributed by atoms with Crippen LogP contribution in [0.25, 0.3) is 0 Å². The zero-order valence-corrected chi connectivity index (χ0v) is 40.7. The van der Waals surface area contributed by atoms with E-state index in [1.807, 2.05) is 156 Å². The SMILES string of the molecule is C.C1CCOC1.CC[C@](O)(c1cccc(OCc2ccccc2)c1)[C@@H](C)CN(C)C.C[C@@H](CN(C)C)C(=O)c1cccc(OCc2ccccc2)c1.S.S.[Br-].[CH2-]C.[Mg+2]. The van der Waals surface area contributed by atoms with Crippen LogP contribution in [-0.2, 0) is 23.6 Å². The quantitative estimate of drug-likeness (QED) is 0.0798. The van der Waals surface area contributed by atoms with Crippen molar-refractivity contribution in [2.45, 2.75) is 73.2 Å². The summed E-state index contributed by atoms with van der Waals surface area (Å²) < 4.78 is 16.6. The van der Waals surface area contributed by atoms with Crippen molar-refractivity contribution in [3.05, 3.63) is 138 Å². The van der Waals surface area contributed by atoms with Crippen LogP contribution in [0.1, 0.15) is 81.4 Å². The van der Waals surface area contributed by atoms with Gasteiger partial charge in [0.2, 0.25) is 0 Å². The number of ketones is 1. The minimum Gasteiger partial charge on any atom is -1.00 e. The number of rotatable bonds is 15. The predicted molar refractivity (Wildman–Crippen MR) is 253 cm³/mol.